The maximum atomic E-state index is 11.1. The first-order valence-electron chi connectivity index (χ1n) is 6.85. The summed E-state index contributed by atoms with van der Waals surface area (Å²) in [6.45, 7) is 2.61. The highest BCUT2D eigenvalue weighted by molar-refractivity contribution is 5.91. The Kier molecular flexibility index (Phi) is 5.16. The molecule has 0 aliphatic carbocycles. The summed E-state index contributed by atoms with van der Waals surface area (Å²) in [5, 5.41) is 2.54. The van der Waals surface area contributed by atoms with E-state index in [2.05, 4.69) is 36.5 Å². The molecule has 3 nitrogen and oxygen atoms in total. The van der Waals surface area contributed by atoms with Crippen molar-refractivity contribution in [2.75, 3.05) is 7.05 Å². The first-order valence-corrected chi connectivity index (χ1v) is 6.85. The summed E-state index contributed by atoms with van der Waals surface area (Å²) in [6, 6.07) is 15.9. The lowest BCUT2D eigenvalue weighted by Gasteiger charge is -2.07. The van der Waals surface area contributed by atoms with Crippen molar-refractivity contribution in [2.45, 2.75) is 13.5 Å². The first-order chi connectivity index (χ1) is 10.2. The van der Waals surface area contributed by atoms with Crippen LogP contribution in [0.2, 0.25) is 0 Å². The van der Waals surface area contributed by atoms with Crippen molar-refractivity contribution >= 4 is 12.0 Å². The molecule has 21 heavy (non-hydrogen) atoms. The first kappa shape index (κ1) is 14.9. The van der Waals surface area contributed by atoms with Crippen LogP contribution in [0, 0.1) is 6.92 Å². The topological polar surface area (TPSA) is 38.3 Å². The maximum Gasteiger partial charge on any atom is 0.243 e. The average molecular weight is 281 g/mol. The fourth-order valence-electron chi connectivity index (χ4n) is 1.78. The van der Waals surface area contributed by atoms with Gasteiger partial charge in [0.15, 0.2) is 0 Å². The van der Waals surface area contributed by atoms with Crippen molar-refractivity contribution < 1.29 is 9.53 Å². The van der Waals surface area contributed by atoms with Gasteiger partial charge in [0.25, 0.3) is 0 Å². The SMILES string of the molecule is CNC(=O)C=Cc1ccc(OCc2ccc(C)cc2)cc1. The highest BCUT2D eigenvalue weighted by Crippen LogP contribution is 2.15. The molecule has 2 rings (SSSR count). The maximum absolute atomic E-state index is 11.1. The molecule has 0 aliphatic heterocycles. The molecule has 0 aromatic heterocycles. The predicted molar refractivity (Wildman–Crippen MR) is 85.1 cm³/mol. The number of nitrogens with one attached hydrogen (secondary N) is 1. The number of amides is 1. The lowest BCUT2D eigenvalue weighted by molar-refractivity contribution is -0.115. The van der Waals surface area contributed by atoms with Crippen LogP contribution in [-0.4, -0.2) is 13.0 Å². The van der Waals surface area contributed by atoms with Crippen molar-refractivity contribution in [3.8, 4) is 5.75 Å². The van der Waals surface area contributed by atoms with Gasteiger partial charge >= 0.3 is 0 Å². The van der Waals surface area contributed by atoms with Crippen LogP contribution in [0.3, 0.4) is 0 Å². The van der Waals surface area contributed by atoms with Gasteiger partial charge in [-0.05, 0) is 36.3 Å². The van der Waals surface area contributed by atoms with Crippen LogP contribution in [-0.2, 0) is 11.4 Å². The van der Waals surface area contributed by atoms with E-state index < -0.39 is 0 Å². The van der Waals surface area contributed by atoms with E-state index in [9.17, 15) is 4.79 Å². The summed E-state index contributed by atoms with van der Waals surface area (Å²) >= 11 is 0. The van der Waals surface area contributed by atoms with E-state index in [-0.39, 0.29) is 5.91 Å². The van der Waals surface area contributed by atoms with E-state index in [0.717, 1.165) is 16.9 Å². The molecule has 1 N–H and O–H groups in total. The number of aryl methyl sites for hydroxylation is 1. The summed E-state index contributed by atoms with van der Waals surface area (Å²) < 4.78 is 5.73. The third-order valence-electron chi connectivity index (χ3n) is 3.08. The molecule has 2 aromatic rings. The summed E-state index contributed by atoms with van der Waals surface area (Å²) in [5.41, 5.74) is 3.34. The molecule has 0 bridgehead atoms. The molecule has 0 heterocycles. The molecule has 0 radical (unpaired) electrons. The van der Waals surface area contributed by atoms with Crippen molar-refractivity contribution in [3.63, 3.8) is 0 Å². The summed E-state index contributed by atoms with van der Waals surface area (Å²) in [6.07, 6.45) is 3.27. The fourth-order valence-corrected chi connectivity index (χ4v) is 1.78. The standard InChI is InChI=1S/C18H19NO2/c1-14-3-5-16(6-4-14)13-21-17-10-7-15(8-11-17)9-12-18(20)19-2/h3-12H,13H2,1-2H3,(H,19,20). The normalized spacial score (nSPS) is 10.6. The highest BCUT2D eigenvalue weighted by atomic mass is 16.5. The number of rotatable bonds is 5. The van der Waals surface area contributed by atoms with Crippen LogP contribution in [0.25, 0.3) is 6.08 Å². The van der Waals surface area contributed by atoms with Crippen molar-refractivity contribution in [2.24, 2.45) is 0 Å². The number of likely N-dealkylation sites (N-methyl/N-ethyl adjacent to an activating group) is 1. The molecular weight excluding hydrogens is 262 g/mol. The minimum Gasteiger partial charge on any atom is -0.489 e. The molecule has 2 aromatic carbocycles. The zero-order chi connectivity index (χ0) is 15.1. The molecule has 1 amide bonds. The average Bonchev–Trinajstić information content (AvgIpc) is 2.53. The number of carbonyl (C=O) groups excluding carboxylic acids is 1. The Morgan fingerprint density at radius 3 is 2.38 bits per heavy atom. The zero-order valence-corrected chi connectivity index (χ0v) is 12.3. The Balaban J connectivity index is 1.91. The third-order valence-corrected chi connectivity index (χ3v) is 3.08. The number of benzene rings is 2. The molecule has 0 unspecified atom stereocenters. The number of hydrogen-bond donors (Lipinski definition) is 1. The van der Waals surface area contributed by atoms with Gasteiger partial charge in [-0.25, -0.2) is 0 Å². The van der Waals surface area contributed by atoms with E-state index in [0.29, 0.717) is 6.61 Å². The largest absolute Gasteiger partial charge is 0.489 e. The van der Waals surface area contributed by atoms with E-state index in [1.165, 1.54) is 11.6 Å². The van der Waals surface area contributed by atoms with Gasteiger partial charge in [-0.3, -0.25) is 4.79 Å². The van der Waals surface area contributed by atoms with Gasteiger partial charge in [0.1, 0.15) is 12.4 Å². The smallest absolute Gasteiger partial charge is 0.243 e. The quantitative estimate of drug-likeness (QED) is 0.854. The number of hydrogen-bond acceptors (Lipinski definition) is 2. The number of carbonyl (C=O) groups is 1. The second kappa shape index (κ2) is 7.29. The molecule has 0 atom stereocenters. The second-order valence-corrected chi connectivity index (χ2v) is 4.79. The molecule has 108 valence electrons. The summed E-state index contributed by atoms with van der Waals surface area (Å²) in [5.74, 6) is 0.697. The Hall–Kier alpha value is -2.55. The Morgan fingerprint density at radius 2 is 1.76 bits per heavy atom. The van der Waals surface area contributed by atoms with Gasteiger partial charge in [-0.2, -0.15) is 0 Å². The van der Waals surface area contributed by atoms with E-state index in [4.69, 9.17) is 4.74 Å². The van der Waals surface area contributed by atoms with Gasteiger partial charge in [0.2, 0.25) is 5.91 Å². The Labute approximate surface area is 125 Å². The van der Waals surface area contributed by atoms with Gasteiger partial charge in [0.05, 0.1) is 0 Å². The van der Waals surface area contributed by atoms with Crippen molar-refractivity contribution in [1.29, 1.82) is 0 Å². The summed E-state index contributed by atoms with van der Waals surface area (Å²) in [7, 11) is 1.61. The molecule has 0 saturated carbocycles. The molecule has 0 saturated heterocycles. The van der Waals surface area contributed by atoms with Crippen LogP contribution >= 0.6 is 0 Å². The van der Waals surface area contributed by atoms with Gasteiger partial charge in [0, 0.05) is 13.1 Å². The van der Waals surface area contributed by atoms with E-state index in [1.54, 1.807) is 13.1 Å². The predicted octanol–water partition coefficient (Wildman–Crippen LogP) is 3.33. The molecule has 0 fully saturated rings. The van der Waals surface area contributed by atoms with Crippen LogP contribution in [0.4, 0.5) is 0 Å². The minimum atomic E-state index is -0.116. The molecule has 0 aliphatic rings. The van der Waals surface area contributed by atoms with E-state index >= 15 is 0 Å². The lowest BCUT2D eigenvalue weighted by atomic mass is 10.1. The Morgan fingerprint density at radius 1 is 1.10 bits per heavy atom. The lowest BCUT2D eigenvalue weighted by Crippen LogP contribution is -2.13. The van der Waals surface area contributed by atoms with Crippen LogP contribution in [0.5, 0.6) is 5.75 Å². The van der Waals surface area contributed by atoms with Crippen LogP contribution in [0.1, 0.15) is 16.7 Å². The van der Waals surface area contributed by atoms with Crippen molar-refractivity contribution in [1.82, 2.24) is 5.32 Å². The van der Waals surface area contributed by atoms with Crippen LogP contribution < -0.4 is 10.1 Å². The second-order valence-electron chi connectivity index (χ2n) is 4.79. The van der Waals surface area contributed by atoms with Crippen molar-refractivity contribution in [3.05, 3.63) is 71.3 Å². The third kappa shape index (κ3) is 4.80. The van der Waals surface area contributed by atoms with Gasteiger partial charge in [-0.15, -0.1) is 0 Å². The number of ether oxygens (including phenoxy) is 1. The molecule has 3 heteroatoms. The van der Waals surface area contributed by atoms with Gasteiger partial charge in [-0.1, -0.05) is 42.0 Å². The van der Waals surface area contributed by atoms with E-state index in [1.807, 2.05) is 24.3 Å². The summed E-state index contributed by atoms with van der Waals surface area (Å²) in [4.78, 5) is 11.1. The van der Waals surface area contributed by atoms with Gasteiger partial charge < -0.3 is 10.1 Å². The molecule has 0 spiro atoms. The monoisotopic (exact) mass is 281 g/mol. The van der Waals surface area contributed by atoms with Crippen LogP contribution in [0.15, 0.2) is 54.6 Å². The highest BCUT2D eigenvalue weighted by Gasteiger charge is 1.97. The minimum absolute atomic E-state index is 0.116. The Bertz CT molecular complexity index is 613. The molecular formula is C18H19NO2. The fraction of sp³-hybridized carbons (Fsp3) is 0.167. The zero-order valence-electron chi connectivity index (χ0n) is 12.3.